The summed E-state index contributed by atoms with van der Waals surface area (Å²) < 4.78 is 5.41. The number of methoxy groups -OCH3 is 1. The van der Waals surface area contributed by atoms with Crippen LogP contribution in [-0.2, 0) is 6.54 Å². The van der Waals surface area contributed by atoms with E-state index in [0.717, 1.165) is 16.8 Å². The summed E-state index contributed by atoms with van der Waals surface area (Å²) in [5.41, 5.74) is 3.39. The van der Waals surface area contributed by atoms with Crippen LogP contribution in [-0.4, -0.2) is 18.0 Å². The van der Waals surface area contributed by atoms with Gasteiger partial charge in [0.1, 0.15) is 10.6 Å². The summed E-state index contributed by atoms with van der Waals surface area (Å²) in [4.78, 5) is 18.3. The van der Waals surface area contributed by atoms with Gasteiger partial charge in [-0.3, -0.25) is 4.79 Å². The number of rotatable bonds is 7. The minimum atomic E-state index is -0.150. The molecule has 1 heterocycles. The van der Waals surface area contributed by atoms with Crippen LogP contribution >= 0.6 is 11.3 Å². The van der Waals surface area contributed by atoms with Crippen molar-refractivity contribution in [3.8, 4) is 17.0 Å². The van der Waals surface area contributed by atoms with Gasteiger partial charge in [0.25, 0.3) is 5.91 Å². The molecular formula is C24H21N3O2S. The summed E-state index contributed by atoms with van der Waals surface area (Å²) in [7, 11) is 1.63. The maximum absolute atomic E-state index is 13.0. The van der Waals surface area contributed by atoms with Gasteiger partial charge in [-0.25, -0.2) is 4.98 Å². The van der Waals surface area contributed by atoms with Gasteiger partial charge in [0.2, 0.25) is 0 Å². The summed E-state index contributed by atoms with van der Waals surface area (Å²) in [5, 5.41) is 6.92. The highest BCUT2D eigenvalue weighted by molar-refractivity contribution is 7.18. The number of nitrogens with zero attached hydrogens (tertiary/aromatic N) is 1. The summed E-state index contributed by atoms with van der Waals surface area (Å²) in [6.07, 6.45) is 0. The highest BCUT2D eigenvalue weighted by Gasteiger charge is 2.20. The molecule has 0 unspecified atom stereocenters. The fraction of sp³-hybridized carbons (Fsp3) is 0.0833. The fourth-order valence-electron chi connectivity index (χ4n) is 3.04. The number of para-hydroxylation sites is 2. The van der Waals surface area contributed by atoms with Crippen LogP contribution in [0.2, 0.25) is 0 Å². The van der Waals surface area contributed by atoms with Gasteiger partial charge in [0, 0.05) is 12.1 Å². The normalized spacial score (nSPS) is 10.4. The Balaban J connectivity index is 1.63. The molecule has 0 saturated carbocycles. The summed E-state index contributed by atoms with van der Waals surface area (Å²) in [6.45, 7) is 0.459. The molecular weight excluding hydrogens is 394 g/mol. The van der Waals surface area contributed by atoms with E-state index in [9.17, 15) is 4.79 Å². The zero-order valence-electron chi connectivity index (χ0n) is 16.5. The van der Waals surface area contributed by atoms with Gasteiger partial charge >= 0.3 is 0 Å². The van der Waals surface area contributed by atoms with Crippen LogP contribution in [0.4, 0.5) is 10.8 Å². The molecule has 3 aromatic carbocycles. The number of ether oxygens (including phenoxy) is 1. The van der Waals surface area contributed by atoms with E-state index in [-0.39, 0.29) is 5.91 Å². The topological polar surface area (TPSA) is 63.2 Å². The third kappa shape index (κ3) is 4.50. The maximum atomic E-state index is 13.0. The van der Waals surface area contributed by atoms with E-state index in [4.69, 9.17) is 9.72 Å². The molecule has 150 valence electrons. The smallest absolute Gasteiger partial charge is 0.264 e. The number of benzene rings is 3. The quantitative estimate of drug-likeness (QED) is 0.419. The SMILES string of the molecule is COc1ccccc1Nc1nc(-c2ccccc2)c(C(=O)NCc2ccccc2)s1. The largest absolute Gasteiger partial charge is 0.495 e. The summed E-state index contributed by atoms with van der Waals surface area (Å²) >= 11 is 1.32. The maximum Gasteiger partial charge on any atom is 0.264 e. The molecule has 0 fully saturated rings. The number of aromatic nitrogens is 1. The van der Waals surface area contributed by atoms with Gasteiger partial charge in [0.15, 0.2) is 5.13 Å². The molecule has 4 rings (SSSR count). The molecule has 1 amide bonds. The second kappa shape index (κ2) is 9.24. The summed E-state index contributed by atoms with van der Waals surface area (Å²) in [6, 6.07) is 27.2. The van der Waals surface area contributed by atoms with Crippen molar-refractivity contribution in [1.29, 1.82) is 0 Å². The molecule has 0 aliphatic heterocycles. The van der Waals surface area contributed by atoms with E-state index in [1.165, 1.54) is 11.3 Å². The number of anilines is 2. The first-order valence-electron chi connectivity index (χ1n) is 9.53. The van der Waals surface area contributed by atoms with Crippen molar-refractivity contribution in [3.63, 3.8) is 0 Å². The van der Waals surface area contributed by atoms with Gasteiger partial charge in [-0.1, -0.05) is 84.1 Å². The van der Waals surface area contributed by atoms with E-state index in [1.807, 2.05) is 84.9 Å². The Kier molecular flexibility index (Phi) is 6.06. The fourth-order valence-corrected chi connectivity index (χ4v) is 3.96. The van der Waals surface area contributed by atoms with Crippen LogP contribution in [0, 0.1) is 0 Å². The lowest BCUT2D eigenvalue weighted by Crippen LogP contribution is -2.22. The first kappa shape index (κ1) is 19.7. The highest BCUT2D eigenvalue weighted by Crippen LogP contribution is 2.35. The molecule has 0 bridgehead atoms. The lowest BCUT2D eigenvalue weighted by Gasteiger charge is -2.08. The van der Waals surface area contributed by atoms with Crippen LogP contribution < -0.4 is 15.4 Å². The predicted molar refractivity (Wildman–Crippen MR) is 121 cm³/mol. The average molecular weight is 416 g/mol. The number of amides is 1. The Morgan fingerprint density at radius 1 is 0.933 bits per heavy atom. The number of carbonyl (C=O) groups is 1. The van der Waals surface area contributed by atoms with Crippen molar-refractivity contribution >= 4 is 28.1 Å². The van der Waals surface area contributed by atoms with Gasteiger partial charge < -0.3 is 15.4 Å². The lowest BCUT2D eigenvalue weighted by atomic mass is 10.1. The van der Waals surface area contributed by atoms with E-state index in [0.29, 0.717) is 28.0 Å². The third-order valence-corrected chi connectivity index (χ3v) is 5.49. The minimum absolute atomic E-state index is 0.150. The Morgan fingerprint density at radius 3 is 2.33 bits per heavy atom. The molecule has 0 aliphatic carbocycles. The number of thiazole rings is 1. The molecule has 0 radical (unpaired) electrons. The number of hydrogen-bond acceptors (Lipinski definition) is 5. The molecule has 0 spiro atoms. The third-order valence-electron chi connectivity index (χ3n) is 4.53. The monoisotopic (exact) mass is 415 g/mol. The second-order valence-corrected chi connectivity index (χ2v) is 7.56. The van der Waals surface area contributed by atoms with Crippen molar-refractivity contribution in [2.24, 2.45) is 0 Å². The Bertz CT molecular complexity index is 1130. The van der Waals surface area contributed by atoms with Crippen molar-refractivity contribution in [2.45, 2.75) is 6.54 Å². The van der Waals surface area contributed by atoms with Crippen molar-refractivity contribution < 1.29 is 9.53 Å². The van der Waals surface area contributed by atoms with Crippen LogP contribution in [0.15, 0.2) is 84.9 Å². The Morgan fingerprint density at radius 2 is 1.60 bits per heavy atom. The zero-order valence-corrected chi connectivity index (χ0v) is 17.3. The Hall–Kier alpha value is -3.64. The van der Waals surface area contributed by atoms with E-state index >= 15 is 0 Å². The average Bonchev–Trinajstić information content (AvgIpc) is 3.23. The van der Waals surface area contributed by atoms with Crippen LogP contribution in [0.5, 0.6) is 5.75 Å². The van der Waals surface area contributed by atoms with E-state index in [1.54, 1.807) is 7.11 Å². The minimum Gasteiger partial charge on any atom is -0.495 e. The molecule has 2 N–H and O–H groups in total. The first-order chi connectivity index (χ1) is 14.7. The molecule has 4 aromatic rings. The molecule has 0 saturated heterocycles. The zero-order chi connectivity index (χ0) is 20.8. The molecule has 1 aromatic heterocycles. The predicted octanol–water partition coefficient (Wildman–Crippen LogP) is 5.49. The van der Waals surface area contributed by atoms with Crippen molar-refractivity contribution in [2.75, 3.05) is 12.4 Å². The van der Waals surface area contributed by atoms with Gasteiger partial charge in [0.05, 0.1) is 18.5 Å². The van der Waals surface area contributed by atoms with Crippen LogP contribution in [0.3, 0.4) is 0 Å². The molecule has 30 heavy (non-hydrogen) atoms. The first-order valence-corrected chi connectivity index (χ1v) is 10.3. The molecule has 5 nitrogen and oxygen atoms in total. The van der Waals surface area contributed by atoms with E-state index < -0.39 is 0 Å². The molecule has 0 aliphatic rings. The van der Waals surface area contributed by atoms with Gasteiger partial charge in [-0.15, -0.1) is 0 Å². The highest BCUT2D eigenvalue weighted by atomic mass is 32.1. The lowest BCUT2D eigenvalue weighted by molar-refractivity contribution is 0.0955. The standard InChI is InChI=1S/C24H21N3O2S/c1-29-20-15-9-8-14-19(20)26-24-27-21(18-12-6-3-7-13-18)22(30-24)23(28)25-16-17-10-4-2-5-11-17/h2-15H,16H2,1H3,(H,25,28)(H,26,27). The van der Waals surface area contributed by atoms with Crippen LogP contribution in [0.1, 0.15) is 15.2 Å². The van der Waals surface area contributed by atoms with Crippen molar-refractivity contribution in [1.82, 2.24) is 10.3 Å². The summed E-state index contributed by atoms with van der Waals surface area (Å²) in [5.74, 6) is 0.562. The van der Waals surface area contributed by atoms with Crippen molar-refractivity contribution in [3.05, 3.63) is 95.4 Å². The second-order valence-electron chi connectivity index (χ2n) is 6.56. The number of hydrogen-bond donors (Lipinski definition) is 2. The number of nitrogens with one attached hydrogen (secondary N) is 2. The molecule has 0 atom stereocenters. The van der Waals surface area contributed by atoms with Gasteiger partial charge in [-0.05, 0) is 17.7 Å². The molecule has 6 heteroatoms. The van der Waals surface area contributed by atoms with Gasteiger partial charge in [-0.2, -0.15) is 0 Å². The number of carbonyl (C=O) groups excluding carboxylic acids is 1. The van der Waals surface area contributed by atoms with E-state index in [2.05, 4.69) is 10.6 Å². The Labute approximate surface area is 179 Å². The van der Waals surface area contributed by atoms with Crippen LogP contribution in [0.25, 0.3) is 11.3 Å².